The molecule has 0 radical (unpaired) electrons. The molecule has 0 unspecified atom stereocenters. The first-order valence-electron chi connectivity index (χ1n) is 9.31. The second kappa shape index (κ2) is 11.8. The molecular formula is C21H14Br3N5O5. The zero-order valence-electron chi connectivity index (χ0n) is 17.0. The highest BCUT2D eigenvalue weighted by atomic mass is 79.9. The van der Waals surface area contributed by atoms with E-state index < -0.39 is 10.8 Å². The Hall–Kier alpha value is -3.16. The number of amides is 1. The van der Waals surface area contributed by atoms with E-state index in [1.54, 1.807) is 12.1 Å². The van der Waals surface area contributed by atoms with Gasteiger partial charge in [-0.15, -0.1) is 0 Å². The molecule has 1 amide bonds. The zero-order valence-corrected chi connectivity index (χ0v) is 21.7. The quantitative estimate of drug-likeness (QED) is 0.123. The summed E-state index contributed by atoms with van der Waals surface area (Å²) >= 11 is 10.1. The Morgan fingerprint density at radius 2 is 1.65 bits per heavy atom. The Bertz CT molecular complexity index is 1260. The van der Waals surface area contributed by atoms with Crippen LogP contribution >= 0.6 is 47.8 Å². The van der Waals surface area contributed by atoms with Crippen LogP contribution in [-0.2, 0) is 4.79 Å². The number of azo groups is 1. The van der Waals surface area contributed by atoms with E-state index in [0.29, 0.717) is 31.6 Å². The van der Waals surface area contributed by atoms with Crippen LogP contribution in [0.25, 0.3) is 0 Å². The Kier molecular flexibility index (Phi) is 8.85. The molecule has 0 aromatic heterocycles. The summed E-state index contributed by atoms with van der Waals surface area (Å²) in [5.74, 6) is -0.121. The van der Waals surface area contributed by atoms with Crippen molar-refractivity contribution in [3.8, 4) is 11.5 Å². The highest BCUT2D eigenvalue weighted by molar-refractivity contribution is 9.11. The fraction of sp³-hybridized carbons (Fsp3) is 0.0476. The molecule has 0 aliphatic heterocycles. The number of carbonyl (C=O) groups excluding carboxylic acids is 1. The summed E-state index contributed by atoms with van der Waals surface area (Å²) in [6.45, 7) is -0.286. The standard InChI is InChI=1S/C21H14Br3N5O5/c22-13-8-17(23)21(18(24)9-13)34-11-20(31)28-25-10-12-7-15(3-6-19(12)30)27-26-14-1-4-16(5-2-14)29(32)33/h1-10,30H,11H2,(H,28,31). The van der Waals surface area contributed by atoms with Crippen molar-refractivity contribution in [1.29, 1.82) is 0 Å². The number of hydrogen-bond acceptors (Lipinski definition) is 8. The van der Waals surface area contributed by atoms with Gasteiger partial charge < -0.3 is 9.84 Å². The molecule has 34 heavy (non-hydrogen) atoms. The highest BCUT2D eigenvalue weighted by Crippen LogP contribution is 2.36. The van der Waals surface area contributed by atoms with E-state index in [-0.39, 0.29) is 18.0 Å². The van der Waals surface area contributed by atoms with Gasteiger partial charge in [0, 0.05) is 22.2 Å². The number of halogens is 3. The lowest BCUT2D eigenvalue weighted by molar-refractivity contribution is -0.384. The van der Waals surface area contributed by atoms with Crippen LogP contribution in [0.4, 0.5) is 17.1 Å². The Balaban J connectivity index is 1.60. The van der Waals surface area contributed by atoms with Gasteiger partial charge in [0.15, 0.2) is 6.61 Å². The average molecular weight is 656 g/mol. The molecule has 3 rings (SSSR count). The number of ether oxygens (including phenoxy) is 1. The molecule has 13 heteroatoms. The monoisotopic (exact) mass is 653 g/mol. The van der Waals surface area contributed by atoms with Crippen LogP contribution in [0, 0.1) is 10.1 Å². The van der Waals surface area contributed by atoms with Crippen molar-refractivity contribution in [1.82, 2.24) is 5.43 Å². The lowest BCUT2D eigenvalue weighted by Crippen LogP contribution is -2.24. The van der Waals surface area contributed by atoms with Gasteiger partial charge in [-0.2, -0.15) is 15.3 Å². The van der Waals surface area contributed by atoms with Gasteiger partial charge in [-0.25, -0.2) is 5.43 Å². The van der Waals surface area contributed by atoms with E-state index in [4.69, 9.17) is 4.74 Å². The van der Waals surface area contributed by atoms with Gasteiger partial charge in [0.2, 0.25) is 0 Å². The molecule has 2 N–H and O–H groups in total. The maximum Gasteiger partial charge on any atom is 0.277 e. The van der Waals surface area contributed by atoms with Gasteiger partial charge in [-0.1, -0.05) is 15.9 Å². The van der Waals surface area contributed by atoms with Crippen molar-refractivity contribution in [2.75, 3.05) is 6.61 Å². The number of benzene rings is 3. The van der Waals surface area contributed by atoms with Crippen molar-refractivity contribution < 1.29 is 19.6 Å². The van der Waals surface area contributed by atoms with E-state index in [2.05, 4.69) is 68.5 Å². The maximum atomic E-state index is 12.0. The molecule has 0 aliphatic rings. The van der Waals surface area contributed by atoms with Crippen LogP contribution in [-0.4, -0.2) is 28.8 Å². The van der Waals surface area contributed by atoms with E-state index in [9.17, 15) is 20.0 Å². The molecule has 0 spiro atoms. The Morgan fingerprint density at radius 1 is 1.03 bits per heavy atom. The fourth-order valence-electron chi connectivity index (χ4n) is 2.47. The van der Waals surface area contributed by atoms with E-state index in [0.717, 1.165) is 4.47 Å². The number of nitro groups is 1. The Labute approximate surface area is 218 Å². The SMILES string of the molecule is O=C(COc1c(Br)cc(Br)cc1Br)NN=Cc1cc(N=Nc2ccc([N+](=O)[O-])cc2)ccc1O. The van der Waals surface area contributed by atoms with Gasteiger partial charge in [0.05, 0.1) is 31.5 Å². The number of nitrogens with one attached hydrogen (secondary N) is 1. The largest absolute Gasteiger partial charge is 0.507 e. The van der Waals surface area contributed by atoms with Crippen LogP contribution in [0.3, 0.4) is 0 Å². The first-order valence-corrected chi connectivity index (χ1v) is 11.7. The van der Waals surface area contributed by atoms with Gasteiger partial charge in [0.25, 0.3) is 11.6 Å². The number of phenolic OH excluding ortho intramolecular Hbond substituents is 1. The molecule has 0 aliphatic carbocycles. The summed E-state index contributed by atoms with van der Waals surface area (Å²) in [7, 11) is 0. The van der Waals surface area contributed by atoms with Crippen LogP contribution in [0.15, 0.2) is 83.3 Å². The number of hydrogen-bond donors (Lipinski definition) is 2. The second-order valence-electron chi connectivity index (χ2n) is 6.50. The minimum atomic E-state index is -0.508. The summed E-state index contributed by atoms with van der Waals surface area (Å²) in [5, 5.41) is 32.6. The summed E-state index contributed by atoms with van der Waals surface area (Å²) in [6, 6.07) is 13.6. The smallest absolute Gasteiger partial charge is 0.277 e. The van der Waals surface area contributed by atoms with Crippen molar-refractivity contribution >= 4 is 77.0 Å². The predicted octanol–water partition coefficient (Wildman–Crippen LogP) is 6.53. The summed E-state index contributed by atoms with van der Waals surface area (Å²) in [6.07, 6.45) is 1.25. The number of rotatable bonds is 8. The van der Waals surface area contributed by atoms with Crippen LogP contribution in [0.2, 0.25) is 0 Å². The highest BCUT2D eigenvalue weighted by Gasteiger charge is 2.10. The lowest BCUT2D eigenvalue weighted by atomic mass is 10.2. The minimum absolute atomic E-state index is 0.0494. The number of non-ortho nitro benzene ring substituents is 1. The number of hydrazone groups is 1. The van der Waals surface area contributed by atoms with Gasteiger partial charge in [-0.3, -0.25) is 14.9 Å². The number of carbonyl (C=O) groups is 1. The zero-order chi connectivity index (χ0) is 24.7. The molecular weight excluding hydrogens is 642 g/mol. The number of phenols is 1. The molecule has 0 atom stereocenters. The average Bonchev–Trinajstić information content (AvgIpc) is 2.79. The maximum absolute atomic E-state index is 12.0. The van der Waals surface area contributed by atoms with E-state index >= 15 is 0 Å². The third-order valence-electron chi connectivity index (χ3n) is 4.06. The summed E-state index contributed by atoms with van der Waals surface area (Å²) < 4.78 is 7.67. The lowest BCUT2D eigenvalue weighted by Gasteiger charge is -2.10. The van der Waals surface area contributed by atoms with Gasteiger partial charge >= 0.3 is 0 Å². The third-order valence-corrected chi connectivity index (χ3v) is 5.69. The molecule has 0 saturated heterocycles. The third kappa shape index (κ3) is 7.17. The first-order chi connectivity index (χ1) is 16.2. The van der Waals surface area contributed by atoms with Crippen molar-refractivity contribution in [3.63, 3.8) is 0 Å². The first kappa shape index (κ1) is 25.5. The Morgan fingerprint density at radius 3 is 2.29 bits per heavy atom. The number of nitrogens with zero attached hydrogens (tertiary/aromatic N) is 4. The predicted molar refractivity (Wildman–Crippen MR) is 136 cm³/mol. The van der Waals surface area contributed by atoms with Gasteiger partial charge in [0.1, 0.15) is 11.5 Å². The normalized spacial score (nSPS) is 11.1. The number of nitro benzene ring substituents is 1. The topological polar surface area (TPSA) is 139 Å². The molecule has 0 fully saturated rings. The molecule has 0 saturated carbocycles. The van der Waals surface area contributed by atoms with E-state index in [1.165, 1.54) is 48.7 Å². The minimum Gasteiger partial charge on any atom is -0.507 e. The van der Waals surface area contributed by atoms with Crippen LogP contribution in [0.1, 0.15) is 5.56 Å². The molecule has 3 aromatic rings. The molecule has 3 aromatic carbocycles. The number of aromatic hydroxyl groups is 1. The second-order valence-corrected chi connectivity index (χ2v) is 9.12. The van der Waals surface area contributed by atoms with Crippen LogP contribution < -0.4 is 10.2 Å². The molecule has 0 heterocycles. The van der Waals surface area contributed by atoms with Crippen molar-refractivity contribution in [3.05, 3.63) is 83.7 Å². The summed E-state index contributed by atoms with van der Waals surface area (Å²) in [5.41, 5.74) is 3.38. The molecule has 174 valence electrons. The van der Waals surface area contributed by atoms with Crippen LogP contribution in [0.5, 0.6) is 11.5 Å². The molecule has 0 bridgehead atoms. The molecule has 10 nitrogen and oxygen atoms in total. The summed E-state index contributed by atoms with van der Waals surface area (Å²) in [4.78, 5) is 22.2. The van der Waals surface area contributed by atoms with E-state index in [1.807, 2.05) is 0 Å². The van der Waals surface area contributed by atoms with Gasteiger partial charge in [-0.05, 0) is 74.3 Å². The van der Waals surface area contributed by atoms with Crippen molar-refractivity contribution in [2.45, 2.75) is 0 Å². The van der Waals surface area contributed by atoms with Crippen molar-refractivity contribution in [2.24, 2.45) is 15.3 Å². The fourth-order valence-corrected chi connectivity index (χ4v) is 4.96.